The van der Waals surface area contributed by atoms with Crippen molar-refractivity contribution in [2.45, 2.75) is 13.8 Å². The zero-order valence-corrected chi connectivity index (χ0v) is 18.3. The largest absolute Gasteiger partial charge is 0.484 e. The van der Waals surface area contributed by atoms with Crippen molar-refractivity contribution in [1.29, 1.82) is 0 Å². The molecule has 0 spiro atoms. The maximum Gasteiger partial charge on any atom is 0.266 e. The Balaban J connectivity index is 1.51. The Kier molecular flexibility index (Phi) is 6.62. The Labute approximate surface area is 181 Å². The van der Waals surface area contributed by atoms with Gasteiger partial charge in [0.05, 0.1) is 23.4 Å². The van der Waals surface area contributed by atoms with Crippen molar-refractivity contribution in [3.8, 4) is 5.75 Å². The Morgan fingerprint density at radius 2 is 1.97 bits per heavy atom. The normalized spacial score (nSPS) is 14.7. The van der Waals surface area contributed by atoms with Crippen LogP contribution in [0.1, 0.15) is 11.1 Å². The highest BCUT2D eigenvalue weighted by molar-refractivity contribution is 7.22. The fourth-order valence-corrected chi connectivity index (χ4v) is 4.56. The summed E-state index contributed by atoms with van der Waals surface area (Å²) in [5.74, 6) is 0.622. The molecule has 3 aromatic rings. The van der Waals surface area contributed by atoms with Crippen LogP contribution in [0.3, 0.4) is 0 Å². The van der Waals surface area contributed by atoms with Crippen molar-refractivity contribution in [3.63, 3.8) is 0 Å². The number of rotatable bonds is 7. The molecule has 0 N–H and O–H groups in total. The number of hydrogen-bond donors (Lipinski definition) is 0. The van der Waals surface area contributed by atoms with Crippen LogP contribution in [0.5, 0.6) is 5.75 Å². The highest BCUT2D eigenvalue weighted by Crippen LogP contribution is 2.29. The summed E-state index contributed by atoms with van der Waals surface area (Å²) in [6.45, 7) is 8.69. The lowest BCUT2D eigenvalue weighted by molar-refractivity contribution is -0.120. The summed E-state index contributed by atoms with van der Waals surface area (Å²) in [7, 11) is 0. The van der Waals surface area contributed by atoms with E-state index in [1.807, 2.05) is 43.3 Å². The first-order chi connectivity index (χ1) is 14.6. The third-order valence-electron chi connectivity index (χ3n) is 5.16. The molecule has 0 atom stereocenters. The van der Waals surface area contributed by atoms with Gasteiger partial charge in [-0.2, -0.15) is 0 Å². The van der Waals surface area contributed by atoms with Gasteiger partial charge in [-0.1, -0.05) is 29.5 Å². The van der Waals surface area contributed by atoms with Gasteiger partial charge in [0.1, 0.15) is 5.75 Å². The molecule has 4 rings (SSSR count). The monoisotopic (exact) mass is 425 g/mol. The van der Waals surface area contributed by atoms with E-state index in [0.29, 0.717) is 12.3 Å². The number of benzene rings is 2. The highest BCUT2D eigenvalue weighted by atomic mass is 32.1. The average molecular weight is 426 g/mol. The molecule has 2 aromatic carbocycles. The molecule has 6 nitrogen and oxygen atoms in total. The van der Waals surface area contributed by atoms with Crippen LogP contribution in [0.4, 0.5) is 5.13 Å². The van der Waals surface area contributed by atoms with E-state index >= 15 is 0 Å². The van der Waals surface area contributed by atoms with Crippen molar-refractivity contribution in [1.82, 2.24) is 9.88 Å². The summed E-state index contributed by atoms with van der Waals surface area (Å²) in [5.41, 5.74) is 3.21. The van der Waals surface area contributed by atoms with Gasteiger partial charge < -0.3 is 9.47 Å². The molecule has 30 heavy (non-hydrogen) atoms. The Bertz CT molecular complexity index is 1010. The van der Waals surface area contributed by atoms with Crippen LogP contribution in [0.15, 0.2) is 42.5 Å². The lowest BCUT2D eigenvalue weighted by atomic mass is 10.2. The van der Waals surface area contributed by atoms with E-state index in [0.717, 1.165) is 53.8 Å². The summed E-state index contributed by atoms with van der Waals surface area (Å²) in [4.78, 5) is 22.0. The number of nitrogens with zero attached hydrogens (tertiary/aromatic N) is 3. The number of aromatic nitrogens is 1. The van der Waals surface area contributed by atoms with E-state index in [9.17, 15) is 4.79 Å². The molecule has 1 amide bonds. The van der Waals surface area contributed by atoms with Gasteiger partial charge in [0.2, 0.25) is 0 Å². The summed E-state index contributed by atoms with van der Waals surface area (Å²) in [6.07, 6.45) is 0. The van der Waals surface area contributed by atoms with E-state index in [1.54, 1.807) is 16.2 Å². The molecular weight excluding hydrogens is 398 g/mol. The van der Waals surface area contributed by atoms with Gasteiger partial charge in [-0.3, -0.25) is 14.6 Å². The number of ether oxygens (including phenoxy) is 2. The molecule has 0 radical (unpaired) electrons. The van der Waals surface area contributed by atoms with Crippen LogP contribution in [-0.2, 0) is 9.53 Å². The number of carbonyl (C=O) groups is 1. The molecule has 1 fully saturated rings. The van der Waals surface area contributed by atoms with Gasteiger partial charge in [0, 0.05) is 26.2 Å². The third kappa shape index (κ3) is 5.16. The van der Waals surface area contributed by atoms with E-state index in [2.05, 4.69) is 17.9 Å². The van der Waals surface area contributed by atoms with E-state index < -0.39 is 0 Å². The lowest BCUT2D eigenvalue weighted by Gasteiger charge is -2.29. The van der Waals surface area contributed by atoms with Crippen LogP contribution < -0.4 is 9.64 Å². The second-order valence-corrected chi connectivity index (χ2v) is 8.58. The summed E-state index contributed by atoms with van der Waals surface area (Å²) in [5, 5.41) is 0.724. The summed E-state index contributed by atoms with van der Waals surface area (Å²) < 4.78 is 12.3. The molecule has 2 heterocycles. The molecule has 1 saturated heterocycles. The number of fused-ring (bicyclic) bond motifs is 1. The smallest absolute Gasteiger partial charge is 0.266 e. The van der Waals surface area contributed by atoms with Crippen molar-refractivity contribution >= 4 is 32.6 Å². The first kappa shape index (κ1) is 20.8. The lowest BCUT2D eigenvalue weighted by Crippen LogP contribution is -2.44. The molecule has 0 unspecified atom stereocenters. The molecular formula is C23H27N3O3S. The molecule has 0 aliphatic carbocycles. The minimum absolute atomic E-state index is 0.0124. The second-order valence-electron chi connectivity index (χ2n) is 7.57. The number of anilines is 1. The second kappa shape index (κ2) is 9.55. The van der Waals surface area contributed by atoms with Gasteiger partial charge in [-0.05, 0) is 49.2 Å². The number of aryl methyl sites for hydroxylation is 2. The SMILES string of the molecule is Cc1cccc(OCC(=O)N(CCN2CCOCC2)c2nc3ccc(C)cc3s2)c1. The average Bonchev–Trinajstić information content (AvgIpc) is 3.16. The zero-order valence-electron chi connectivity index (χ0n) is 17.5. The summed E-state index contributed by atoms with van der Waals surface area (Å²) >= 11 is 1.55. The van der Waals surface area contributed by atoms with Gasteiger partial charge in [-0.25, -0.2) is 4.98 Å². The van der Waals surface area contributed by atoms with Crippen LogP contribution in [0, 0.1) is 13.8 Å². The Morgan fingerprint density at radius 1 is 1.17 bits per heavy atom. The van der Waals surface area contributed by atoms with E-state index in [1.165, 1.54) is 5.56 Å². The number of thiazole rings is 1. The molecule has 0 saturated carbocycles. The number of morpholine rings is 1. The Hall–Kier alpha value is -2.48. The molecule has 1 aliphatic heterocycles. The minimum Gasteiger partial charge on any atom is -0.484 e. The molecule has 1 aliphatic rings. The molecule has 158 valence electrons. The predicted octanol–water partition coefficient (Wildman–Crippen LogP) is 3.66. The fraction of sp³-hybridized carbons (Fsp3) is 0.391. The zero-order chi connectivity index (χ0) is 20.9. The molecule has 1 aromatic heterocycles. The first-order valence-electron chi connectivity index (χ1n) is 10.3. The van der Waals surface area contributed by atoms with Crippen LogP contribution in [-0.4, -0.2) is 61.8 Å². The van der Waals surface area contributed by atoms with Crippen molar-refractivity contribution in [2.24, 2.45) is 0 Å². The number of carbonyl (C=O) groups excluding carboxylic acids is 1. The van der Waals surface area contributed by atoms with Crippen LogP contribution in [0.2, 0.25) is 0 Å². The van der Waals surface area contributed by atoms with Crippen LogP contribution in [0.25, 0.3) is 10.2 Å². The Morgan fingerprint density at radius 3 is 2.77 bits per heavy atom. The van der Waals surface area contributed by atoms with E-state index in [-0.39, 0.29) is 12.5 Å². The quantitative estimate of drug-likeness (QED) is 0.578. The number of amides is 1. The van der Waals surface area contributed by atoms with Crippen molar-refractivity contribution in [3.05, 3.63) is 53.6 Å². The van der Waals surface area contributed by atoms with Crippen molar-refractivity contribution in [2.75, 3.05) is 50.9 Å². The fourth-order valence-electron chi connectivity index (χ4n) is 3.46. The van der Waals surface area contributed by atoms with E-state index in [4.69, 9.17) is 14.5 Å². The highest BCUT2D eigenvalue weighted by Gasteiger charge is 2.22. The predicted molar refractivity (Wildman–Crippen MR) is 121 cm³/mol. The minimum atomic E-state index is -0.0828. The topological polar surface area (TPSA) is 54.9 Å². The van der Waals surface area contributed by atoms with Gasteiger partial charge in [0.25, 0.3) is 5.91 Å². The van der Waals surface area contributed by atoms with Gasteiger partial charge >= 0.3 is 0 Å². The van der Waals surface area contributed by atoms with Gasteiger partial charge in [0.15, 0.2) is 11.7 Å². The standard InChI is InChI=1S/C23H27N3O3S/c1-17-4-3-5-19(14-17)29-16-22(27)26(9-8-25-10-12-28-13-11-25)23-24-20-7-6-18(2)15-21(20)30-23/h3-7,14-15H,8-13,16H2,1-2H3. The number of hydrogen-bond acceptors (Lipinski definition) is 6. The van der Waals surface area contributed by atoms with Gasteiger partial charge in [-0.15, -0.1) is 0 Å². The molecule has 7 heteroatoms. The summed E-state index contributed by atoms with van der Waals surface area (Å²) in [6, 6.07) is 13.9. The maximum atomic E-state index is 13.1. The third-order valence-corrected chi connectivity index (χ3v) is 6.20. The van der Waals surface area contributed by atoms with Crippen molar-refractivity contribution < 1.29 is 14.3 Å². The molecule has 0 bridgehead atoms. The van der Waals surface area contributed by atoms with Crippen LogP contribution >= 0.6 is 11.3 Å². The first-order valence-corrected chi connectivity index (χ1v) is 11.1. The maximum absolute atomic E-state index is 13.1.